The molecular weight excluding hydrogens is 587 g/mol. The molecule has 4 atom stereocenters. The Balaban J connectivity index is 0.000000182. The molecule has 2 aromatic carbocycles. The van der Waals surface area contributed by atoms with Gasteiger partial charge in [-0.25, -0.2) is 0 Å². The smallest absolute Gasteiger partial charge is 0.0646 e. The van der Waals surface area contributed by atoms with Gasteiger partial charge in [0.1, 0.15) is 0 Å². The predicted molar refractivity (Wildman–Crippen MR) is 131 cm³/mol. The fourth-order valence-corrected chi connectivity index (χ4v) is 5.69. The van der Waals surface area contributed by atoms with Crippen molar-refractivity contribution in [1.29, 1.82) is 0 Å². The molecule has 0 spiro atoms. The molecule has 0 aliphatic heterocycles. The maximum atomic E-state index is 10.3. The van der Waals surface area contributed by atoms with E-state index in [0.717, 1.165) is 30.5 Å². The van der Waals surface area contributed by atoms with E-state index in [-0.39, 0.29) is 49.1 Å². The first kappa shape index (κ1) is 26.0. The van der Waals surface area contributed by atoms with Crippen LogP contribution in [0.2, 0.25) is 0 Å². The molecule has 1 aromatic heterocycles. The van der Waals surface area contributed by atoms with E-state index in [0.29, 0.717) is 5.92 Å². The van der Waals surface area contributed by atoms with Gasteiger partial charge in [-0.3, -0.25) is 0 Å². The van der Waals surface area contributed by atoms with Crippen LogP contribution in [0.1, 0.15) is 52.5 Å². The van der Waals surface area contributed by atoms with Crippen LogP contribution in [-0.2, 0) is 20.1 Å². The third-order valence-corrected chi connectivity index (χ3v) is 7.79. The molecular formula is C29H36IrNO2-. The molecule has 33 heavy (non-hydrogen) atoms. The summed E-state index contributed by atoms with van der Waals surface area (Å²) in [7, 11) is 0. The summed E-state index contributed by atoms with van der Waals surface area (Å²) in [6, 6.07) is 19.6. The molecule has 2 aliphatic carbocycles. The van der Waals surface area contributed by atoms with E-state index in [4.69, 9.17) is 0 Å². The number of aryl methyl sites for hydroxylation is 1. The number of aliphatic hydroxyl groups excluding tert-OH is 2. The Kier molecular flexibility index (Phi) is 7.86. The zero-order chi connectivity index (χ0) is 23.1. The maximum Gasteiger partial charge on any atom is 0.0646 e. The number of hydrogen-bond donors (Lipinski definition) is 2. The van der Waals surface area contributed by atoms with Crippen LogP contribution in [0.3, 0.4) is 0 Å². The largest absolute Gasteiger partial charge is 0.392 e. The van der Waals surface area contributed by atoms with Gasteiger partial charge in [0.15, 0.2) is 0 Å². The number of pyridine rings is 1. The van der Waals surface area contributed by atoms with Crippen molar-refractivity contribution in [3.63, 3.8) is 0 Å². The summed E-state index contributed by atoms with van der Waals surface area (Å²) >= 11 is 0. The molecule has 2 aliphatic rings. The number of aliphatic hydroxyl groups is 2. The second-order valence-electron chi connectivity index (χ2n) is 11.1. The summed E-state index contributed by atoms with van der Waals surface area (Å²) in [4.78, 5) is 4.51. The minimum atomic E-state index is -0.340. The van der Waals surface area contributed by atoms with Crippen molar-refractivity contribution in [1.82, 2.24) is 4.98 Å². The van der Waals surface area contributed by atoms with Crippen LogP contribution in [-0.4, -0.2) is 27.4 Å². The van der Waals surface area contributed by atoms with E-state index in [1.54, 1.807) is 0 Å². The van der Waals surface area contributed by atoms with Crippen molar-refractivity contribution in [2.24, 2.45) is 22.7 Å². The fourth-order valence-electron chi connectivity index (χ4n) is 5.69. The van der Waals surface area contributed by atoms with Crippen LogP contribution in [0.4, 0.5) is 0 Å². The van der Waals surface area contributed by atoms with Gasteiger partial charge in [-0.15, -0.1) is 35.9 Å². The van der Waals surface area contributed by atoms with E-state index < -0.39 is 0 Å². The third-order valence-electron chi connectivity index (χ3n) is 7.79. The molecule has 3 aromatic rings. The van der Waals surface area contributed by atoms with Gasteiger partial charge in [0.05, 0.1) is 12.2 Å². The number of fused-ring (bicyclic) bond motifs is 2. The molecule has 1 heterocycles. The summed E-state index contributed by atoms with van der Waals surface area (Å²) in [5.41, 5.74) is 3.23. The van der Waals surface area contributed by atoms with Gasteiger partial charge < -0.3 is 15.2 Å². The number of aromatic nitrogens is 1. The number of benzene rings is 2. The Hall–Kier alpha value is -1.58. The Morgan fingerprint density at radius 1 is 0.970 bits per heavy atom. The van der Waals surface area contributed by atoms with Gasteiger partial charge in [0.2, 0.25) is 0 Å². The van der Waals surface area contributed by atoms with E-state index in [1.807, 2.05) is 30.5 Å². The average molecular weight is 623 g/mol. The van der Waals surface area contributed by atoms with Gasteiger partial charge in [-0.05, 0) is 59.6 Å². The van der Waals surface area contributed by atoms with Gasteiger partial charge in [-0.2, -0.15) is 0 Å². The molecule has 4 unspecified atom stereocenters. The molecule has 179 valence electrons. The van der Waals surface area contributed by atoms with E-state index in [1.165, 1.54) is 16.3 Å². The Morgan fingerprint density at radius 3 is 2.39 bits per heavy atom. The quantitative estimate of drug-likeness (QED) is 0.318. The summed E-state index contributed by atoms with van der Waals surface area (Å²) in [5, 5.41) is 23.1. The monoisotopic (exact) mass is 623 g/mol. The predicted octanol–water partition coefficient (Wildman–Crippen LogP) is 6.20. The standard InChI is InChI=1S/C16H12N.C13H24O2.Ir/c1-12-6-5-9-14-10-16(17-11-15(12)14)13-7-3-2-4-8-13;1-12(2)6-5-8-7-13(3,4)11(15)9(8)10(12)14;/h2-7,9-11H,1H3;8-11,14-15H,5-7H2,1-4H3;/q-1;;. The normalized spacial score (nSPS) is 27.1. The van der Waals surface area contributed by atoms with Crippen molar-refractivity contribution >= 4 is 10.8 Å². The number of hydrogen-bond acceptors (Lipinski definition) is 3. The van der Waals surface area contributed by atoms with E-state index in [9.17, 15) is 10.2 Å². The van der Waals surface area contributed by atoms with Crippen LogP contribution < -0.4 is 0 Å². The van der Waals surface area contributed by atoms with Crippen molar-refractivity contribution in [2.45, 2.75) is 66.1 Å². The first-order valence-electron chi connectivity index (χ1n) is 11.8. The fraction of sp³-hybridized carbons (Fsp3) is 0.483. The molecule has 2 N–H and O–H groups in total. The van der Waals surface area contributed by atoms with Gasteiger partial charge in [-0.1, -0.05) is 52.0 Å². The van der Waals surface area contributed by atoms with Crippen molar-refractivity contribution in [3.8, 4) is 11.3 Å². The second-order valence-corrected chi connectivity index (χ2v) is 11.1. The Morgan fingerprint density at radius 2 is 1.70 bits per heavy atom. The molecule has 0 saturated heterocycles. The molecule has 0 amide bonds. The van der Waals surface area contributed by atoms with E-state index in [2.05, 4.69) is 69.9 Å². The SMILES string of the molecule is CC1(C)CCC2CC(C)(C)C(O)C2C1O.Cc1cccc2cc(-c3[c-]cccc3)ncc12.[Ir]. The van der Waals surface area contributed by atoms with Crippen LogP contribution >= 0.6 is 0 Å². The van der Waals surface area contributed by atoms with Crippen LogP contribution in [0.25, 0.3) is 22.0 Å². The number of rotatable bonds is 1. The van der Waals surface area contributed by atoms with Crippen LogP contribution in [0.5, 0.6) is 0 Å². The molecule has 1 radical (unpaired) electrons. The molecule has 4 heteroatoms. The third kappa shape index (κ3) is 5.25. The summed E-state index contributed by atoms with van der Waals surface area (Å²) in [5.74, 6) is 0.627. The molecule has 3 nitrogen and oxygen atoms in total. The zero-order valence-corrected chi connectivity index (χ0v) is 22.7. The topological polar surface area (TPSA) is 53.4 Å². The van der Waals surface area contributed by atoms with Crippen molar-refractivity contribution < 1.29 is 30.3 Å². The summed E-state index contributed by atoms with van der Waals surface area (Å²) in [6.07, 6.45) is 4.57. The summed E-state index contributed by atoms with van der Waals surface area (Å²) < 4.78 is 0. The Bertz CT molecular complexity index is 1080. The number of nitrogens with zero attached hydrogens (tertiary/aromatic N) is 1. The minimum absolute atomic E-state index is 0. The van der Waals surface area contributed by atoms with Crippen molar-refractivity contribution in [2.75, 3.05) is 0 Å². The van der Waals surface area contributed by atoms with Crippen LogP contribution in [0.15, 0.2) is 54.7 Å². The van der Waals surface area contributed by atoms with Crippen LogP contribution in [0, 0.1) is 35.7 Å². The Labute approximate surface area is 212 Å². The van der Waals surface area contributed by atoms with E-state index >= 15 is 0 Å². The first-order chi connectivity index (χ1) is 15.1. The molecule has 5 rings (SSSR count). The molecule has 2 fully saturated rings. The summed E-state index contributed by atoms with van der Waals surface area (Å²) in [6.45, 7) is 10.6. The zero-order valence-electron chi connectivity index (χ0n) is 20.3. The maximum absolute atomic E-state index is 10.3. The average Bonchev–Trinajstić information content (AvgIpc) is 3.01. The molecule has 0 bridgehead atoms. The van der Waals surface area contributed by atoms with Gasteiger partial charge >= 0.3 is 0 Å². The first-order valence-corrected chi connectivity index (χ1v) is 11.8. The minimum Gasteiger partial charge on any atom is -0.392 e. The van der Waals surface area contributed by atoms with Gasteiger partial charge in [0, 0.05) is 37.6 Å². The second kappa shape index (κ2) is 9.96. The van der Waals surface area contributed by atoms with Gasteiger partial charge in [0.25, 0.3) is 0 Å². The molecule has 2 saturated carbocycles. The van der Waals surface area contributed by atoms with Crippen molar-refractivity contribution in [3.05, 3.63) is 66.4 Å².